The number of rotatable bonds is 3. The lowest BCUT2D eigenvalue weighted by Gasteiger charge is -2.34. The van der Waals surface area contributed by atoms with Gasteiger partial charge in [0.1, 0.15) is 5.69 Å². The van der Waals surface area contributed by atoms with E-state index in [9.17, 15) is 4.79 Å². The summed E-state index contributed by atoms with van der Waals surface area (Å²) in [6.07, 6.45) is 3.67. The van der Waals surface area contributed by atoms with E-state index in [1.54, 1.807) is 6.20 Å². The van der Waals surface area contributed by atoms with Gasteiger partial charge in [-0.2, -0.15) is 0 Å². The lowest BCUT2D eigenvalue weighted by atomic mass is 10.1. The van der Waals surface area contributed by atoms with Crippen molar-refractivity contribution in [3.8, 4) is 11.3 Å². The maximum absolute atomic E-state index is 13.1. The van der Waals surface area contributed by atoms with Crippen LogP contribution in [0.15, 0.2) is 36.7 Å². The van der Waals surface area contributed by atoms with Gasteiger partial charge in [0.15, 0.2) is 0 Å². The van der Waals surface area contributed by atoms with Gasteiger partial charge in [0.2, 0.25) is 5.28 Å². The fourth-order valence-corrected chi connectivity index (χ4v) is 3.64. The molecule has 138 valence electrons. The maximum Gasteiger partial charge on any atom is 0.271 e. The number of amides is 1. The Hall–Kier alpha value is -2.73. The average Bonchev–Trinajstić information content (AvgIpc) is 3.04. The van der Waals surface area contributed by atoms with Crippen molar-refractivity contribution in [2.24, 2.45) is 0 Å². The molecule has 0 aromatic carbocycles. The molecule has 3 aromatic heterocycles. The van der Waals surface area contributed by atoms with Crippen LogP contribution < -0.4 is 0 Å². The van der Waals surface area contributed by atoms with Crippen LogP contribution in [0.5, 0.6) is 0 Å². The van der Waals surface area contributed by atoms with Gasteiger partial charge >= 0.3 is 0 Å². The van der Waals surface area contributed by atoms with Crippen molar-refractivity contribution < 1.29 is 4.79 Å². The summed E-state index contributed by atoms with van der Waals surface area (Å²) in [6, 6.07) is 7.84. The van der Waals surface area contributed by atoms with Crippen molar-refractivity contribution in [1.82, 2.24) is 24.4 Å². The van der Waals surface area contributed by atoms with Gasteiger partial charge in [0.05, 0.1) is 17.9 Å². The van der Waals surface area contributed by atoms with Crippen LogP contribution in [-0.4, -0.2) is 36.4 Å². The molecular weight excluding hydrogens is 362 g/mol. The smallest absolute Gasteiger partial charge is 0.271 e. The molecule has 7 heteroatoms. The quantitative estimate of drug-likeness (QED) is 0.649. The van der Waals surface area contributed by atoms with Gasteiger partial charge in [-0.05, 0) is 56.1 Å². The van der Waals surface area contributed by atoms with Gasteiger partial charge in [-0.15, -0.1) is 0 Å². The Morgan fingerprint density at radius 3 is 2.85 bits per heavy atom. The molecular formula is C20H20ClN5O. The lowest BCUT2D eigenvalue weighted by molar-refractivity contribution is 0.0592. The second-order valence-electron chi connectivity index (χ2n) is 6.99. The predicted molar refractivity (Wildman–Crippen MR) is 104 cm³/mol. The van der Waals surface area contributed by atoms with Gasteiger partial charge < -0.3 is 9.47 Å². The average molecular weight is 382 g/mol. The fraction of sp³-hybridized carbons (Fsp3) is 0.300. The van der Waals surface area contributed by atoms with Crippen molar-refractivity contribution in [2.45, 2.75) is 39.9 Å². The molecule has 0 N–H and O–H groups in total. The van der Waals surface area contributed by atoms with E-state index in [2.05, 4.69) is 21.9 Å². The van der Waals surface area contributed by atoms with E-state index >= 15 is 0 Å². The molecule has 6 nitrogen and oxygen atoms in total. The highest BCUT2D eigenvalue weighted by Gasteiger charge is 2.31. The van der Waals surface area contributed by atoms with E-state index in [1.807, 2.05) is 53.8 Å². The number of aromatic nitrogens is 4. The minimum atomic E-state index is 0.00103. The molecule has 0 radical (unpaired) electrons. The van der Waals surface area contributed by atoms with E-state index in [0.29, 0.717) is 12.2 Å². The molecule has 0 aliphatic carbocycles. The number of carbonyl (C=O) groups excluding carboxylic acids is 1. The molecule has 0 fully saturated rings. The standard InChI is InChI=1S/C20H20ClN5O/c1-12-8-22-20(21)24-18(12)15-7-17-19(27)26(14(3)9-25(17)10-15)11-16-6-4-5-13(2)23-16/h4-8,10,14H,9,11H2,1-3H3. The minimum Gasteiger partial charge on any atom is -0.341 e. The molecule has 4 rings (SSSR count). The van der Waals surface area contributed by atoms with Crippen molar-refractivity contribution in [2.75, 3.05) is 0 Å². The summed E-state index contributed by atoms with van der Waals surface area (Å²) in [5.74, 6) is 0.00103. The molecule has 0 bridgehead atoms. The van der Waals surface area contributed by atoms with Gasteiger partial charge in [-0.1, -0.05) is 6.07 Å². The molecule has 0 saturated carbocycles. The number of pyridine rings is 1. The van der Waals surface area contributed by atoms with Crippen LogP contribution in [0.25, 0.3) is 11.3 Å². The Labute approximate surface area is 162 Å². The fourth-order valence-electron chi connectivity index (χ4n) is 3.50. The van der Waals surface area contributed by atoms with Crippen molar-refractivity contribution in [3.05, 3.63) is 64.6 Å². The first kappa shape index (κ1) is 17.7. The third-order valence-electron chi connectivity index (χ3n) is 4.86. The zero-order valence-corrected chi connectivity index (χ0v) is 16.2. The number of nitrogens with zero attached hydrogens (tertiary/aromatic N) is 5. The summed E-state index contributed by atoms with van der Waals surface area (Å²) in [6.45, 7) is 7.18. The van der Waals surface area contributed by atoms with E-state index < -0.39 is 0 Å². The van der Waals surface area contributed by atoms with E-state index in [0.717, 1.165) is 34.8 Å². The molecule has 1 amide bonds. The zero-order chi connectivity index (χ0) is 19.1. The van der Waals surface area contributed by atoms with Crippen LogP contribution in [0.3, 0.4) is 0 Å². The number of hydrogen-bond donors (Lipinski definition) is 0. The highest BCUT2D eigenvalue weighted by atomic mass is 35.5. The summed E-state index contributed by atoms with van der Waals surface area (Å²) in [4.78, 5) is 27.9. The zero-order valence-electron chi connectivity index (χ0n) is 15.5. The van der Waals surface area contributed by atoms with Gasteiger partial charge in [0.25, 0.3) is 5.91 Å². The molecule has 4 heterocycles. The number of fused-ring (bicyclic) bond motifs is 1. The third-order valence-corrected chi connectivity index (χ3v) is 5.05. The molecule has 1 atom stereocenters. The Bertz CT molecular complexity index is 1030. The van der Waals surface area contributed by atoms with Crippen molar-refractivity contribution in [3.63, 3.8) is 0 Å². The Morgan fingerprint density at radius 2 is 2.07 bits per heavy atom. The van der Waals surface area contributed by atoms with Crippen LogP contribution in [0.4, 0.5) is 0 Å². The molecule has 0 spiro atoms. The largest absolute Gasteiger partial charge is 0.341 e. The second-order valence-corrected chi connectivity index (χ2v) is 7.33. The molecule has 1 unspecified atom stereocenters. The topological polar surface area (TPSA) is 63.9 Å². The molecule has 3 aromatic rings. The number of aryl methyl sites for hydroxylation is 2. The monoisotopic (exact) mass is 381 g/mol. The summed E-state index contributed by atoms with van der Waals surface area (Å²) in [5, 5.41) is 0.201. The third kappa shape index (κ3) is 3.32. The van der Waals surface area contributed by atoms with E-state index in [1.165, 1.54) is 0 Å². The van der Waals surface area contributed by atoms with Gasteiger partial charge in [-0.3, -0.25) is 9.78 Å². The first-order chi connectivity index (χ1) is 12.9. The van der Waals surface area contributed by atoms with Gasteiger partial charge in [-0.25, -0.2) is 9.97 Å². The van der Waals surface area contributed by atoms with Crippen LogP contribution in [0.2, 0.25) is 5.28 Å². The minimum absolute atomic E-state index is 0.00103. The predicted octanol–water partition coefficient (Wildman–Crippen LogP) is 3.65. The molecule has 1 aliphatic heterocycles. The normalized spacial score (nSPS) is 16.5. The number of halogens is 1. The highest BCUT2D eigenvalue weighted by molar-refractivity contribution is 6.28. The highest BCUT2D eigenvalue weighted by Crippen LogP contribution is 2.28. The molecule has 1 aliphatic rings. The van der Waals surface area contributed by atoms with Crippen LogP contribution >= 0.6 is 11.6 Å². The Balaban J connectivity index is 1.67. The number of hydrogen-bond acceptors (Lipinski definition) is 4. The SMILES string of the molecule is Cc1cccc(CN2C(=O)c3cc(-c4nc(Cl)ncc4C)cn3CC2C)n1. The number of carbonyl (C=O) groups is 1. The van der Waals surface area contributed by atoms with Crippen LogP contribution in [-0.2, 0) is 13.1 Å². The van der Waals surface area contributed by atoms with Crippen LogP contribution in [0.1, 0.15) is 34.4 Å². The molecule has 27 heavy (non-hydrogen) atoms. The Morgan fingerprint density at radius 1 is 1.26 bits per heavy atom. The Kier molecular flexibility index (Phi) is 4.44. The first-order valence-electron chi connectivity index (χ1n) is 8.85. The molecule has 0 saturated heterocycles. The lowest BCUT2D eigenvalue weighted by Crippen LogP contribution is -2.45. The van der Waals surface area contributed by atoms with E-state index in [-0.39, 0.29) is 17.2 Å². The van der Waals surface area contributed by atoms with E-state index in [4.69, 9.17) is 11.6 Å². The summed E-state index contributed by atoms with van der Waals surface area (Å²) < 4.78 is 2.00. The van der Waals surface area contributed by atoms with Crippen molar-refractivity contribution in [1.29, 1.82) is 0 Å². The summed E-state index contributed by atoms with van der Waals surface area (Å²) in [5.41, 5.74) is 5.06. The first-order valence-corrected chi connectivity index (χ1v) is 9.23. The van der Waals surface area contributed by atoms with Crippen molar-refractivity contribution >= 4 is 17.5 Å². The van der Waals surface area contributed by atoms with Crippen LogP contribution in [0, 0.1) is 13.8 Å². The summed E-state index contributed by atoms with van der Waals surface area (Å²) in [7, 11) is 0. The van der Waals surface area contributed by atoms with Gasteiger partial charge in [0, 0.05) is 36.2 Å². The maximum atomic E-state index is 13.1. The second kappa shape index (κ2) is 6.78. The summed E-state index contributed by atoms with van der Waals surface area (Å²) >= 11 is 5.96.